The molecule has 3 amide bonds. The molecule has 3 N–H and O–H groups in total. The molecule has 2 rings (SSSR count). The number of carbonyl (C=O) groups is 2. The van der Waals surface area contributed by atoms with E-state index in [9.17, 15) is 9.59 Å². The normalized spacial score (nSPS) is 27.1. The SMILES string of the molecule is CC(C(=O)NC(N)=O)N1CCCC(C2OCCO2)C1. The van der Waals surface area contributed by atoms with Crippen molar-refractivity contribution in [2.45, 2.75) is 32.1 Å². The molecule has 0 aromatic rings. The lowest BCUT2D eigenvalue weighted by molar-refractivity contribution is -0.129. The minimum atomic E-state index is -0.812. The Morgan fingerprint density at radius 1 is 1.37 bits per heavy atom. The minimum Gasteiger partial charge on any atom is -0.351 e. The molecule has 2 aliphatic rings. The first-order valence-corrected chi connectivity index (χ1v) is 6.65. The number of primary amides is 1. The maximum absolute atomic E-state index is 11.8. The van der Waals surface area contributed by atoms with Crippen LogP contribution < -0.4 is 11.1 Å². The highest BCUT2D eigenvalue weighted by atomic mass is 16.7. The maximum atomic E-state index is 11.8. The standard InChI is InChI=1S/C12H21N3O4/c1-8(10(16)14-12(13)17)15-4-2-3-9(7-15)11-18-5-6-19-11/h8-9,11H,2-7H2,1H3,(H3,13,14,16,17). The predicted octanol–water partition coefficient (Wildman–Crippen LogP) is -0.345. The molecule has 0 radical (unpaired) electrons. The lowest BCUT2D eigenvalue weighted by Gasteiger charge is -2.37. The molecule has 2 fully saturated rings. The molecule has 0 spiro atoms. The van der Waals surface area contributed by atoms with Crippen molar-refractivity contribution in [3.8, 4) is 0 Å². The van der Waals surface area contributed by atoms with Crippen LogP contribution in [0.4, 0.5) is 4.79 Å². The zero-order valence-electron chi connectivity index (χ0n) is 11.1. The van der Waals surface area contributed by atoms with Crippen LogP contribution in [0.25, 0.3) is 0 Å². The number of piperidine rings is 1. The van der Waals surface area contributed by atoms with Gasteiger partial charge in [0.15, 0.2) is 6.29 Å². The van der Waals surface area contributed by atoms with Gasteiger partial charge >= 0.3 is 6.03 Å². The number of carbonyl (C=O) groups excluding carboxylic acids is 2. The predicted molar refractivity (Wildman–Crippen MR) is 67.2 cm³/mol. The van der Waals surface area contributed by atoms with Crippen molar-refractivity contribution >= 4 is 11.9 Å². The zero-order chi connectivity index (χ0) is 13.8. The van der Waals surface area contributed by atoms with Crippen LogP contribution in [0.5, 0.6) is 0 Å². The highest BCUT2D eigenvalue weighted by Crippen LogP contribution is 2.25. The highest BCUT2D eigenvalue weighted by molar-refractivity contribution is 5.96. The molecule has 19 heavy (non-hydrogen) atoms. The van der Waals surface area contributed by atoms with Crippen molar-refractivity contribution in [3.63, 3.8) is 0 Å². The Labute approximate surface area is 112 Å². The molecular weight excluding hydrogens is 250 g/mol. The first-order valence-electron chi connectivity index (χ1n) is 6.65. The van der Waals surface area contributed by atoms with Gasteiger partial charge in [-0.15, -0.1) is 0 Å². The second-order valence-corrected chi connectivity index (χ2v) is 5.04. The molecule has 0 saturated carbocycles. The molecular formula is C12H21N3O4. The van der Waals surface area contributed by atoms with E-state index in [4.69, 9.17) is 15.2 Å². The van der Waals surface area contributed by atoms with E-state index in [0.29, 0.717) is 13.2 Å². The number of hydrogen-bond donors (Lipinski definition) is 2. The third-order valence-electron chi connectivity index (χ3n) is 3.70. The second kappa shape index (κ2) is 6.31. The molecule has 0 aromatic carbocycles. The van der Waals surface area contributed by atoms with Gasteiger partial charge in [0.1, 0.15) is 0 Å². The average Bonchev–Trinajstić information content (AvgIpc) is 2.91. The molecule has 0 aromatic heterocycles. The Balaban J connectivity index is 1.88. The smallest absolute Gasteiger partial charge is 0.318 e. The Morgan fingerprint density at radius 3 is 2.68 bits per heavy atom. The number of hydrogen-bond acceptors (Lipinski definition) is 5. The number of nitrogens with zero attached hydrogens (tertiary/aromatic N) is 1. The van der Waals surface area contributed by atoms with Crippen LogP contribution in [0.15, 0.2) is 0 Å². The summed E-state index contributed by atoms with van der Waals surface area (Å²) in [6.07, 6.45) is 1.86. The van der Waals surface area contributed by atoms with Crippen LogP contribution in [0.1, 0.15) is 19.8 Å². The van der Waals surface area contributed by atoms with Crippen molar-refractivity contribution < 1.29 is 19.1 Å². The van der Waals surface area contributed by atoms with E-state index in [-0.39, 0.29) is 24.2 Å². The number of ether oxygens (including phenoxy) is 2. The van der Waals surface area contributed by atoms with Crippen LogP contribution in [0.2, 0.25) is 0 Å². The summed E-state index contributed by atoms with van der Waals surface area (Å²) in [7, 11) is 0. The van der Waals surface area contributed by atoms with Crippen LogP contribution in [-0.2, 0) is 14.3 Å². The number of nitrogens with one attached hydrogen (secondary N) is 1. The molecule has 108 valence electrons. The highest BCUT2D eigenvalue weighted by Gasteiger charge is 2.34. The number of likely N-dealkylation sites (tertiary alicyclic amines) is 1. The van der Waals surface area contributed by atoms with Crippen LogP contribution in [0, 0.1) is 5.92 Å². The molecule has 7 nitrogen and oxygen atoms in total. The molecule has 0 bridgehead atoms. The van der Waals surface area contributed by atoms with Gasteiger partial charge in [0.25, 0.3) is 0 Å². The van der Waals surface area contributed by atoms with Gasteiger partial charge in [-0.1, -0.05) is 0 Å². The molecule has 2 aliphatic heterocycles. The summed E-state index contributed by atoms with van der Waals surface area (Å²) in [5.74, 6) is -0.0820. The minimum absolute atomic E-state index is 0.158. The fraction of sp³-hybridized carbons (Fsp3) is 0.833. The second-order valence-electron chi connectivity index (χ2n) is 5.04. The monoisotopic (exact) mass is 271 g/mol. The Hall–Kier alpha value is -1.18. The Kier molecular flexibility index (Phi) is 4.73. The topological polar surface area (TPSA) is 93.9 Å². The van der Waals surface area contributed by atoms with Gasteiger partial charge in [-0.2, -0.15) is 0 Å². The fourth-order valence-corrected chi connectivity index (χ4v) is 2.65. The summed E-state index contributed by atoms with van der Waals surface area (Å²) in [6.45, 7) is 4.61. The van der Waals surface area contributed by atoms with Crippen molar-refractivity contribution in [1.29, 1.82) is 0 Å². The van der Waals surface area contributed by atoms with Gasteiger partial charge in [-0.25, -0.2) is 4.79 Å². The largest absolute Gasteiger partial charge is 0.351 e. The van der Waals surface area contributed by atoms with Gasteiger partial charge in [-0.05, 0) is 26.3 Å². The maximum Gasteiger partial charge on any atom is 0.318 e. The molecule has 2 heterocycles. The van der Waals surface area contributed by atoms with Gasteiger partial charge in [0.05, 0.1) is 19.3 Å². The molecule has 0 aliphatic carbocycles. The van der Waals surface area contributed by atoms with E-state index in [2.05, 4.69) is 5.32 Å². The molecule has 2 atom stereocenters. The van der Waals surface area contributed by atoms with E-state index >= 15 is 0 Å². The van der Waals surface area contributed by atoms with Gasteiger partial charge in [-0.3, -0.25) is 15.0 Å². The lowest BCUT2D eigenvalue weighted by Crippen LogP contribution is -2.52. The van der Waals surface area contributed by atoms with E-state index in [1.807, 2.05) is 4.90 Å². The van der Waals surface area contributed by atoms with Crippen LogP contribution >= 0.6 is 0 Å². The zero-order valence-corrected chi connectivity index (χ0v) is 11.1. The summed E-state index contributed by atoms with van der Waals surface area (Å²) in [5.41, 5.74) is 4.96. The number of amides is 3. The average molecular weight is 271 g/mol. The summed E-state index contributed by atoms with van der Waals surface area (Å²) in [5, 5.41) is 2.12. The van der Waals surface area contributed by atoms with Crippen molar-refractivity contribution in [2.75, 3.05) is 26.3 Å². The molecule has 2 saturated heterocycles. The summed E-state index contributed by atoms with van der Waals surface area (Å²) in [4.78, 5) is 24.5. The van der Waals surface area contributed by atoms with E-state index in [1.165, 1.54) is 0 Å². The van der Waals surface area contributed by atoms with E-state index in [1.54, 1.807) is 6.92 Å². The molecule has 2 unspecified atom stereocenters. The van der Waals surface area contributed by atoms with Gasteiger partial charge in [0, 0.05) is 12.5 Å². The summed E-state index contributed by atoms with van der Waals surface area (Å²) >= 11 is 0. The fourth-order valence-electron chi connectivity index (χ4n) is 2.65. The van der Waals surface area contributed by atoms with Gasteiger partial charge in [0.2, 0.25) is 5.91 Å². The van der Waals surface area contributed by atoms with Crippen molar-refractivity contribution in [1.82, 2.24) is 10.2 Å². The Morgan fingerprint density at radius 2 is 2.05 bits per heavy atom. The lowest BCUT2D eigenvalue weighted by atomic mass is 9.96. The summed E-state index contributed by atoms with van der Waals surface area (Å²) < 4.78 is 11.0. The van der Waals surface area contributed by atoms with E-state index in [0.717, 1.165) is 25.9 Å². The third-order valence-corrected chi connectivity index (χ3v) is 3.70. The number of rotatable bonds is 3. The quantitative estimate of drug-likeness (QED) is 0.732. The molecule has 7 heteroatoms. The first kappa shape index (κ1) is 14.2. The van der Waals surface area contributed by atoms with E-state index < -0.39 is 6.03 Å². The first-order chi connectivity index (χ1) is 9.08. The number of imide groups is 1. The van der Waals surface area contributed by atoms with Crippen LogP contribution in [-0.4, -0.2) is 55.5 Å². The number of nitrogens with two attached hydrogens (primary N) is 1. The Bertz CT molecular complexity index is 344. The number of urea groups is 1. The van der Waals surface area contributed by atoms with Crippen LogP contribution in [0.3, 0.4) is 0 Å². The summed E-state index contributed by atoms with van der Waals surface area (Å²) in [6, 6.07) is -1.19. The third kappa shape index (κ3) is 3.65. The van der Waals surface area contributed by atoms with Crippen molar-refractivity contribution in [2.24, 2.45) is 11.7 Å². The van der Waals surface area contributed by atoms with Gasteiger partial charge < -0.3 is 15.2 Å². The van der Waals surface area contributed by atoms with Crippen molar-refractivity contribution in [3.05, 3.63) is 0 Å².